The second kappa shape index (κ2) is 19.6. The van der Waals surface area contributed by atoms with Crippen LogP contribution >= 0.6 is 0 Å². The minimum atomic E-state index is -0.392. The molecule has 52 heavy (non-hydrogen) atoms. The molecule has 2 fully saturated rings. The molecule has 2 saturated carbocycles. The van der Waals surface area contributed by atoms with Crippen LogP contribution in [0.3, 0.4) is 0 Å². The zero-order valence-corrected chi connectivity index (χ0v) is 33.8. The first kappa shape index (κ1) is 44.7. The van der Waals surface area contributed by atoms with Crippen molar-refractivity contribution in [3.05, 3.63) is 63.5 Å². The van der Waals surface area contributed by atoms with E-state index in [0.717, 1.165) is 31.3 Å². The van der Waals surface area contributed by atoms with E-state index in [9.17, 15) is 14.4 Å². The van der Waals surface area contributed by atoms with Crippen molar-refractivity contribution in [1.29, 1.82) is 0 Å². The van der Waals surface area contributed by atoms with Gasteiger partial charge in [-0.05, 0) is 108 Å². The van der Waals surface area contributed by atoms with Gasteiger partial charge in [0.15, 0.2) is 5.78 Å². The molecule has 3 aliphatic rings. The van der Waals surface area contributed by atoms with Crippen LogP contribution in [0.4, 0.5) is 0 Å². The van der Waals surface area contributed by atoms with Crippen LogP contribution in [0.15, 0.2) is 46.0 Å². The van der Waals surface area contributed by atoms with Crippen molar-refractivity contribution in [3.63, 3.8) is 0 Å². The van der Waals surface area contributed by atoms with E-state index >= 15 is 0 Å². The molecular formula is C41H59CoN2O8-. The maximum atomic E-state index is 13.7. The fourth-order valence-corrected chi connectivity index (χ4v) is 8.33. The number of hydrogen-bond donors (Lipinski definition) is 2. The van der Waals surface area contributed by atoms with Gasteiger partial charge in [-0.25, -0.2) is 14.8 Å². The van der Waals surface area contributed by atoms with E-state index < -0.39 is 5.97 Å². The Hall–Kier alpha value is -3.41. The van der Waals surface area contributed by atoms with Gasteiger partial charge in [-0.3, -0.25) is 9.79 Å². The van der Waals surface area contributed by atoms with Crippen molar-refractivity contribution in [2.45, 2.75) is 127 Å². The number of carbonyl (C=O) groups excluding carboxylic acids is 3. The summed E-state index contributed by atoms with van der Waals surface area (Å²) in [6.07, 6.45) is 7.46. The Kier molecular flexibility index (Phi) is 16.9. The minimum absolute atomic E-state index is 0. The number of allylic oxidation sites excluding steroid dienone is 4. The summed E-state index contributed by atoms with van der Waals surface area (Å²) in [5.74, 6) is 1.74. The maximum Gasteiger partial charge on any atom is 0.340 e. The molecule has 11 heteroatoms. The summed E-state index contributed by atoms with van der Waals surface area (Å²) >= 11 is 0. The average molecular weight is 767 g/mol. The van der Waals surface area contributed by atoms with E-state index in [4.69, 9.17) is 29.8 Å². The molecule has 4 atom stereocenters. The molecule has 1 aromatic heterocycles. The zero-order valence-electron chi connectivity index (χ0n) is 32.8. The summed E-state index contributed by atoms with van der Waals surface area (Å²) in [5.41, 5.74) is 4.70. The summed E-state index contributed by atoms with van der Waals surface area (Å²) in [6, 6.07) is 0. The third-order valence-corrected chi connectivity index (χ3v) is 10.4. The number of aromatic nitrogens is 1. The fourth-order valence-electron chi connectivity index (χ4n) is 8.33. The maximum absolute atomic E-state index is 13.7. The van der Waals surface area contributed by atoms with Gasteiger partial charge in [-0.15, -0.1) is 11.4 Å². The number of rotatable bonds is 10. The Labute approximate surface area is 320 Å². The van der Waals surface area contributed by atoms with E-state index in [2.05, 4.69) is 53.0 Å². The van der Waals surface area contributed by atoms with Crippen LogP contribution in [-0.2, 0) is 47.1 Å². The summed E-state index contributed by atoms with van der Waals surface area (Å²) in [6.45, 7) is 25.2. The topological polar surface area (TPSA) is 146 Å². The first-order valence-electron chi connectivity index (χ1n) is 18.3. The molecule has 0 bridgehead atoms. The van der Waals surface area contributed by atoms with Gasteiger partial charge < -0.3 is 24.5 Å². The molecule has 1 aliphatic heterocycles. The first-order valence-corrected chi connectivity index (χ1v) is 18.3. The molecule has 4 rings (SSSR count). The molecule has 291 valence electrons. The smallest absolute Gasteiger partial charge is 0.340 e. The number of carbonyl (C=O) groups is 3. The molecule has 0 aromatic carbocycles. The van der Waals surface area contributed by atoms with Crippen LogP contribution in [0.2, 0.25) is 0 Å². The Balaban J connectivity index is 0.00000106. The Bertz CT molecular complexity index is 1570. The summed E-state index contributed by atoms with van der Waals surface area (Å²) in [5, 5.41) is 17.4. The first-order chi connectivity index (χ1) is 23.8. The van der Waals surface area contributed by atoms with Crippen LogP contribution in [0.25, 0.3) is 6.08 Å². The third kappa shape index (κ3) is 11.5. The number of aliphatic imine (C=N–C) groups is 1. The molecule has 2 heterocycles. The standard InChI is InChI=1S/C36H52N2O6.C5H8O2.Co/c1-18-13-20(3)33(21(4)14-18)42-35(39)31-25(8)29(37-27(31)10)17-30-26(9)32(28(38-30)12-11-24(7)44-41)36(40)43-34-22(5)15-19(2)16-23(34)6;1-4(6)3-5(2)7;/h17-23,33-34H,7,11-16H2,1-6,8-10H3,(H2,37,38,39,40,41);3,6H,1-2H3;/p-1/b;4-3-;. The number of aryl methyl sites for hydroxylation is 1. The second-order valence-corrected chi connectivity index (χ2v) is 15.5. The molecule has 2 aliphatic carbocycles. The van der Waals surface area contributed by atoms with Gasteiger partial charge >= 0.3 is 11.9 Å². The van der Waals surface area contributed by atoms with Crippen LogP contribution in [0.1, 0.15) is 129 Å². The molecular weight excluding hydrogens is 707 g/mol. The average Bonchev–Trinajstić information content (AvgIpc) is 3.48. The predicted octanol–water partition coefficient (Wildman–Crippen LogP) is 8.90. The number of esters is 2. The van der Waals surface area contributed by atoms with E-state index in [0.29, 0.717) is 76.0 Å². The van der Waals surface area contributed by atoms with E-state index in [-0.39, 0.29) is 64.1 Å². The normalized spacial score (nSPS) is 28.3. The second-order valence-electron chi connectivity index (χ2n) is 15.5. The van der Waals surface area contributed by atoms with Gasteiger partial charge in [0, 0.05) is 34.8 Å². The van der Waals surface area contributed by atoms with Crippen molar-refractivity contribution in [3.8, 4) is 0 Å². The minimum Gasteiger partial charge on any atom is -0.660 e. The Morgan fingerprint density at radius 3 is 1.77 bits per heavy atom. The molecule has 0 saturated heterocycles. The number of ketones is 1. The zero-order chi connectivity index (χ0) is 38.3. The van der Waals surface area contributed by atoms with Crippen LogP contribution in [-0.4, -0.2) is 46.0 Å². The van der Waals surface area contributed by atoms with E-state index in [1.54, 1.807) is 0 Å². The van der Waals surface area contributed by atoms with Gasteiger partial charge in [-0.2, -0.15) is 0 Å². The molecule has 1 radical (unpaired) electrons. The number of aliphatic hydroxyl groups excluding tert-OH is 1. The van der Waals surface area contributed by atoms with Crippen molar-refractivity contribution < 1.29 is 55.9 Å². The number of ether oxygens (including phenoxy) is 2. The van der Waals surface area contributed by atoms with Crippen LogP contribution in [0, 0.1) is 42.4 Å². The monoisotopic (exact) mass is 766 g/mol. The summed E-state index contributed by atoms with van der Waals surface area (Å²) in [4.78, 5) is 51.0. The van der Waals surface area contributed by atoms with Crippen molar-refractivity contribution in [2.24, 2.45) is 40.5 Å². The fraction of sp³-hybridized carbons (Fsp3) is 0.610. The van der Waals surface area contributed by atoms with Gasteiger partial charge in [0.25, 0.3) is 0 Å². The Morgan fingerprint density at radius 1 is 0.865 bits per heavy atom. The molecule has 4 unspecified atom stereocenters. The number of aliphatic hydroxyl groups is 1. The molecule has 2 N–H and O–H groups in total. The van der Waals surface area contributed by atoms with Crippen molar-refractivity contribution in [1.82, 2.24) is 4.98 Å². The van der Waals surface area contributed by atoms with E-state index in [1.165, 1.54) is 19.9 Å². The summed E-state index contributed by atoms with van der Waals surface area (Å²) < 4.78 is 12.3. The van der Waals surface area contributed by atoms with Crippen molar-refractivity contribution in [2.75, 3.05) is 0 Å². The molecule has 0 amide bonds. The largest absolute Gasteiger partial charge is 0.660 e. The van der Waals surface area contributed by atoms with Gasteiger partial charge in [0.1, 0.15) is 18.0 Å². The van der Waals surface area contributed by atoms with Gasteiger partial charge in [0.05, 0.1) is 22.7 Å². The van der Waals surface area contributed by atoms with Gasteiger partial charge in [-0.1, -0.05) is 59.8 Å². The SMILES string of the molecule is C=C(CCc1[n-]c(/C=C2\N=C(C)C(C(=O)OC3C(C)CC(C)CC3C)=C2C)c(C)c1C(=O)OC1C(C)CC(C)CC1C)OO.CC(=O)/C=C(/C)O.[Co]. The quantitative estimate of drug-likeness (QED) is 0.0784. The van der Waals surface area contributed by atoms with Crippen LogP contribution in [0.5, 0.6) is 0 Å². The molecule has 10 nitrogen and oxygen atoms in total. The number of nitrogens with zero attached hydrogens (tertiary/aromatic N) is 2. The van der Waals surface area contributed by atoms with Crippen LogP contribution < -0.4 is 4.98 Å². The molecule has 1 aromatic rings. The number of hydrogen-bond acceptors (Lipinski definition) is 9. The van der Waals surface area contributed by atoms with Gasteiger partial charge in [0.2, 0.25) is 0 Å². The van der Waals surface area contributed by atoms with Crippen molar-refractivity contribution >= 4 is 29.5 Å². The third-order valence-electron chi connectivity index (χ3n) is 10.4. The van der Waals surface area contributed by atoms with E-state index in [1.807, 2.05) is 26.8 Å². The summed E-state index contributed by atoms with van der Waals surface area (Å²) in [7, 11) is 0. The predicted molar refractivity (Wildman–Crippen MR) is 199 cm³/mol. The molecule has 0 spiro atoms. The Morgan fingerprint density at radius 2 is 1.35 bits per heavy atom.